The number of aromatic nitrogens is 1. The van der Waals surface area contributed by atoms with Crippen molar-refractivity contribution in [3.05, 3.63) is 65.2 Å². The zero-order valence-electron chi connectivity index (χ0n) is 15.2. The summed E-state index contributed by atoms with van der Waals surface area (Å²) in [7, 11) is 0. The minimum Gasteiger partial charge on any atom is -0.458 e. The van der Waals surface area contributed by atoms with Crippen molar-refractivity contribution in [2.45, 2.75) is 25.9 Å². The van der Waals surface area contributed by atoms with E-state index in [1.807, 2.05) is 54.6 Å². The summed E-state index contributed by atoms with van der Waals surface area (Å²) < 4.78 is 6.32. The van der Waals surface area contributed by atoms with Crippen LogP contribution < -0.4 is 0 Å². The van der Waals surface area contributed by atoms with E-state index in [-0.39, 0.29) is 25.4 Å². The van der Waals surface area contributed by atoms with Crippen molar-refractivity contribution >= 4 is 39.1 Å². The van der Waals surface area contributed by atoms with Gasteiger partial charge in [-0.3, -0.25) is 9.59 Å². The number of carbonyl (C=O) groups excluding carboxylic acids is 2. The quantitative estimate of drug-likeness (QED) is 0.598. The highest BCUT2D eigenvalue weighted by Crippen LogP contribution is 2.22. The van der Waals surface area contributed by atoms with E-state index >= 15 is 0 Å². The lowest BCUT2D eigenvalue weighted by atomic mass is 10.1. The number of hydrogen-bond donors (Lipinski definition) is 0. The summed E-state index contributed by atoms with van der Waals surface area (Å²) in [6.45, 7) is 0.677. The SMILES string of the molecule is O=C(CCC(=O)N1CCC(c2ccccc2)=N1)OCc1nc2ccccc2s1. The minimum absolute atomic E-state index is 0.0381. The molecule has 2 heterocycles. The molecule has 0 bridgehead atoms. The molecule has 0 saturated carbocycles. The van der Waals surface area contributed by atoms with E-state index in [0.717, 1.165) is 32.9 Å². The zero-order valence-corrected chi connectivity index (χ0v) is 16.0. The van der Waals surface area contributed by atoms with Crippen LogP contribution in [-0.2, 0) is 20.9 Å². The molecule has 0 N–H and O–H groups in total. The minimum atomic E-state index is -0.404. The van der Waals surface area contributed by atoms with Gasteiger partial charge in [-0.15, -0.1) is 11.3 Å². The first-order valence-electron chi connectivity index (χ1n) is 9.12. The molecule has 1 aliphatic rings. The fourth-order valence-corrected chi connectivity index (χ4v) is 3.89. The van der Waals surface area contributed by atoms with E-state index in [9.17, 15) is 9.59 Å². The number of para-hydroxylation sites is 1. The van der Waals surface area contributed by atoms with Crippen LogP contribution in [0.1, 0.15) is 29.8 Å². The Kier molecular flexibility index (Phi) is 5.43. The molecule has 0 unspecified atom stereocenters. The Labute approximate surface area is 166 Å². The smallest absolute Gasteiger partial charge is 0.306 e. The summed E-state index contributed by atoms with van der Waals surface area (Å²) in [4.78, 5) is 28.7. The molecule has 142 valence electrons. The van der Waals surface area contributed by atoms with Crippen molar-refractivity contribution in [2.24, 2.45) is 5.10 Å². The number of fused-ring (bicyclic) bond motifs is 1. The highest BCUT2D eigenvalue weighted by Gasteiger charge is 2.22. The van der Waals surface area contributed by atoms with Crippen molar-refractivity contribution in [3.8, 4) is 0 Å². The predicted molar refractivity (Wildman–Crippen MR) is 108 cm³/mol. The standard InChI is InChI=1S/C21H19N3O3S/c25-20(24-13-12-16(23-24)15-6-2-1-3-7-15)10-11-21(26)27-14-19-22-17-8-4-5-9-18(17)28-19/h1-9H,10-14H2. The number of amides is 1. The molecule has 0 saturated heterocycles. The van der Waals surface area contributed by atoms with E-state index in [4.69, 9.17) is 4.74 Å². The summed E-state index contributed by atoms with van der Waals surface area (Å²) in [5.41, 5.74) is 2.82. The van der Waals surface area contributed by atoms with Gasteiger partial charge < -0.3 is 4.74 Å². The third kappa shape index (κ3) is 4.26. The molecule has 28 heavy (non-hydrogen) atoms. The third-order valence-electron chi connectivity index (χ3n) is 4.43. The van der Waals surface area contributed by atoms with Gasteiger partial charge in [0.15, 0.2) is 0 Å². The van der Waals surface area contributed by atoms with Gasteiger partial charge in [-0.25, -0.2) is 9.99 Å². The van der Waals surface area contributed by atoms with Crippen LogP contribution in [0, 0.1) is 0 Å². The molecular formula is C21H19N3O3S. The van der Waals surface area contributed by atoms with E-state index in [2.05, 4.69) is 10.1 Å². The maximum atomic E-state index is 12.3. The zero-order chi connectivity index (χ0) is 19.3. The fourth-order valence-electron chi connectivity index (χ4n) is 3.00. The number of ether oxygens (including phenoxy) is 1. The van der Waals surface area contributed by atoms with Gasteiger partial charge in [0.05, 0.1) is 28.9 Å². The Balaban J connectivity index is 1.25. The summed E-state index contributed by atoms with van der Waals surface area (Å²) in [6, 6.07) is 17.6. The van der Waals surface area contributed by atoms with Gasteiger partial charge in [-0.1, -0.05) is 42.5 Å². The van der Waals surface area contributed by atoms with Crippen molar-refractivity contribution in [1.29, 1.82) is 0 Å². The molecular weight excluding hydrogens is 374 g/mol. The van der Waals surface area contributed by atoms with Gasteiger partial charge in [-0.05, 0) is 17.7 Å². The molecule has 4 rings (SSSR count). The molecule has 2 aromatic carbocycles. The number of hydrazone groups is 1. The Hall–Kier alpha value is -3.06. The number of carbonyl (C=O) groups is 2. The van der Waals surface area contributed by atoms with Gasteiger partial charge in [0.25, 0.3) is 0 Å². The van der Waals surface area contributed by atoms with Gasteiger partial charge in [0.2, 0.25) is 5.91 Å². The lowest BCUT2D eigenvalue weighted by Gasteiger charge is -2.10. The van der Waals surface area contributed by atoms with Crippen LogP contribution in [0.25, 0.3) is 10.2 Å². The van der Waals surface area contributed by atoms with Gasteiger partial charge in [-0.2, -0.15) is 5.10 Å². The number of nitrogens with zero attached hydrogens (tertiary/aromatic N) is 3. The molecule has 6 nitrogen and oxygen atoms in total. The Morgan fingerprint density at radius 3 is 2.64 bits per heavy atom. The number of esters is 1. The first kappa shape index (κ1) is 18.3. The lowest BCUT2D eigenvalue weighted by molar-refractivity contribution is -0.147. The first-order chi connectivity index (χ1) is 13.7. The normalized spacial score (nSPS) is 13.6. The fraction of sp³-hybridized carbons (Fsp3) is 0.238. The summed E-state index contributed by atoms with van der Waals surface area (Å²) in [6.07, 6.45) is 0.846. The largest absolute Gasteiger partial charge is 0.458 e. The average molecular weight is 393 g/mol. The van der Waals surface area contributed by atoms with Crippen LogP contribution in [0.2, 0.25) is 0 Å². The molecule has 7 heteroatoms. The number of rotatable bonds is 6. The number of thiazole rings is 1. The third-order valence-corrected chi connectivity index (χ3v) is 5.44. The van der Waals surface area contributed by atoms with Crippen molar-refractivity contribution < 1.29 is 14.3 Å². The maximum Gasteiger partial charge on any atom is 0.306 e. The van der Waals surface area contributed by atoms with Crippen LogP contribution in [-0.4, -0.2) is 34.1 Å². The molecule has 0 fully saturated rings. The maximum absolute atomic E-state index is 12.3. The number of hydrogen-bond acceptors (Lipinski definition) is 6. The average Bonchev–Trinajstić information content (AvgIpc) is 3.38. The molecule has 0 aliphatic carbocycles. The van der Waals surface area contributed by atoms with Crippen LogP contribution in [0.4, 0.5) is 0 Å². The Bertz CT molecular complexity index is 997. The van der Waals surface area contributed by atoms with E-state index < -0.39 is 5.97 Å². The summed E-state index contributed by atoms with van der Waals surface area (Å²) in [5, 5.41) is 6.59. The first-order valence-corrected chi connectivity index (χ1v) is 9.94. The second-order valence-corrected chi connectivity index (χ2v) is 7.53. The molecule has 0 spiro atoms. The molecule has 1 aliphatic heterocycles. The van der Waals surface area contributed by atoms with E-state index in [0.29, 0.717) is 6.54 Å². The second-order valence-electron chi connectivity index (χ2n) is 6.42. The molecule has 0 radical (unpaired) electrons. The molecule has 1 aromatic heterocycles. The van der Waals surface area contributed by atoms with Crippen LogP contribution in [0.5, 0.6) is 0 Å². The van der Waals surface area contributed by atoms with Crippen LogP contribution in [0.3, 0.4) is 0 Å². The van der Waals surface area contributed by atoms with Gasteiger partial charge >= 0.3 is 5.97 Å². The summed E-state index contributed by atoms with van der Waals surface area (Å²) >= 11 is 1.50. The Morgan fingerprint density at radius 1 is 1.04 bits per heavy atom. The molecule has 3 aromatic rings. The lowest BCUT2D eigenvalue weighted by Crippen LogP contribution is -2.24. The van der Waals surface area contributed by atoms with E-state index in [1.165, 1.54) is 16.3 Å². The Morgan fingerprint density at radius 2 is 1.82 bits per heavy atom. The highest BCUT2D eigenvalue weighted by molar-refractivity contribution is 7.18. The highest BCUT2D eigenvalue weighted by atomic mass is 32.1. The van der Waals surface area contributed by atoms with Gasteiger partial charge in [0, 0.05) is 12.8 Å². The monoisotopic (exact) mass is 393 g/mol. The number of benzene rings is 2. The molecule has 0 atom stereocenters. The molecule has 1 amide bonds. The van der Waals surface area contributed by atoms with Crippen molar-refractivity contribution in [3.63, 3.8) is 0 Å². The van der Waals surface area contributed by atoms with E-state index in [1.54, 1.807) is 0 Å². The van der Waals surface area contributed by atoms with Crippen LogP contribution in [0.15, 0.2) is 59.7 Å². The second kappa shape index (κ2) is 8.31. The topological polar surface area (TPSA) is 71.9 Å². The van der Waals surface area contributed by atoms with Crippen molar-refractivity contribution in [2.75, 3.05) is 6.54 Å². The van der Waals surface area contributed by atoms with Crippen molar-refractivity contribution in [1.82, 2.24) is 9.99 Å². The van der Waals surface area contributed by atoms with Crippen LogP contribution >= 0.6 is 11.3 Å². The predicted octanol–water partition coefficient (Wildman–Crippen LogP) is 3.76. The van der Waals surface area contributed by atoms with Gasteiger partial charge in [0.1, 0.15) is 11.6 Å². The summed E-state index contributed by atoms with van der Waals surface area (Å²) in [5.74, 6) is -0.568.